The van der Waals surface area contributed by atoms with E-state index in [-0.39, 0.29) is 24.2 Å². The van der Waals surface area contributed by atoms with Crippen LogP contribution in [0.1, 0.15) is 42.7 Å². The highest BCUT2D eigenvalue weighted by Gasteiger charge is 2.35. The molecule has 1 aliphatic rings. The standard InChI is InChI=1S/C19H26ClN3O4/c1-19(2,3)27-18(26)22-8-9-23(16(24)11-20)15(12-22)13-6-5-7-14(10-13)17(25)21-4/h5-7,10,15H,8-9,11-12H2,1-4H3,(H,21,25)/t15-/m1/s1. The lowest BCUT2D eigenvalue weighted by atomic mass is 9.99. The number of nitrogens with one attached hydrogen (secondary N) is 1. The molecule has 3 amide bonds. The van der Waals surface area contributed by atoms with Crippen LogP contribution in [0.2, 0.25) is 0 Å². The molecule has 1 aromatic rings. The number of amides is 3. The molecular formula is C19H26ClN3O4. The van der Waals surface area contributed by atoms with E-state index in [4.69, 9.17) is 16.3 Å². The van der Waals surface area contributed by atoms with Crippen LogP contribution < -0.4 is 5.32 Å². The summed E-state index contributed by atoms with van der Waals surface area (Å²) in [7, 11) is 1.56. The van der Waals surface area contributed by atoms with Gasteiger partial charge in [0.2, 0.25) is 5.91 Å². The molecule has 148 valence electrons. The first-order valence-electron chi connectivity index (χ1n) is 8.81. The van der Waals surface area contributed by atoms with Crippen molar-refractivity contribution in [3.63, 3.8) is 0 Å². The van der Waals surface area contributed by atoms with Crippen molar-refractivity contribution in [1.82, 2.24) is 15.1 Å². The molecule has 1 atom stereocenters. The van der Waals surface area contributed by atoms with Crippen molar-refractivity contribution >= 4 is 29.5 Å². The summed E-state index contributed by atoms with van der Waals surface area (Å²) in [5.41, 5.74) is 0.653. The lowest BCUT2D eigenvalue weighted by Crippen LogP contribution is -2.53. The molecule has 0 bridgehead atoms. The fourth-order valence-corrected chi connectivity index (χ4v) is 3.12. The number of alkyl halides is 1. The Kier molecular flexibility index (Phi) is 6.70. The summed E-state index contributed by atoms with van der Waals surface area (Å²) >= 11 is 5.77. The Morgan fingerprint density at radius 3 is 2.56 bits per heavy atom. The summed E-state index contributed by atoms with van der Waals surface area (Å²) in [4.78, 5) is 40.0. The predicted molar refractivity (Wildman–Crippen MR) is 103 cm³/mol. The molecule has 1 heterocycles. The van der Waals surface area contributed by atoms with Gasteiger partial charge in [-0.3, -0.25) is 9.59 Å². The highest BCUT2D eigenvalue weighted by molar-refractivity contribution is 6.27. The third-order valence-corrected chi connectivity index (χ3v) is 4.46. The SMILES string of the molecule is CNC(=O)c1cccc([C@H]2CN(C(=O)OC(C)(C)C)CCN2C(=O)CCl)c1. The fraction of sp³-hybridized carbons (Fsp3) is 0.526. The maximum absolute atomic E-state index is 12.5. The lowest BCUT2D eigenvalue weighted by molar-refractivity contribution is -0.133. The number of carbonyl (C=O) groups is 3. The van der Waals surface area contributed by atoms with Crippen LogP contribution in [0.25, 0.3) is 0 Å². The summed E-state index contributed by atoms with van der Waals surface area (Å²) in [6.45, 7) is 6.41. The van der Waals surface area contributed by atoms with Gasteiger partial charge in [0.1, 0.15) is 11.5 Å². The molecule has 1 aromatic carbocycles. The van der Waals surface area contributed by atoms with Crippen LogP contribution in [0, 0.1) is 0 Å². The van der Waals surface area contributed by atoms with Crippen LogP contribution in [0.3, 0.4) is 0 Å². The number of piperazine rings is 1. The van der Waals surface area contributed by atoms with Gasteiger partial charge in [-0.1, -0.05) is 12.1 Å². The smallest absolute Gasteiger partial charge is 0.410 e. The fourth-order valence-electron chi connectivity index (χ4n) is 2.97. The van der Waals surface area contributed by atoms with E-state index in [1.807, 2.05) is 26.8 Å². The molecule has 0 saturated carbocycles. The number of hydrogen-bond donors (Lipinski definition) is 1. The van der Waals surface area contributed by atoms with E-state index >= 15 is 0 Å². The second kappa shape index (κ2) is 8.61. The Labute approximate surface area is 164 Å². The van der Waals surface area contributed by atoms with Gasteiger partial charge in [-0.15, -0.1) is 11.6 Å². The van der Waals surface area contributed by atoms with Crippen LogP contribution >= 0.6 is 11.6 Å². The zero-order valence-corrected chi connectivity index (χ0v) is 16.9. The number of ether oxygens (including phenoxy) is 1. The van der Waals surface area contributed by atoms with Crippen LogP contribution in [0.5, 0.6) is 0 Å². The summed E-state index contributed by atoms with van der Waals surface area (Å²) in [6, 6.07) is 6.63. The zero-order valence-electron chi connectivity index (χ0n) is 16.1. The largest absolute Gasteiger partial charge is 0.444 e. The minimum absolute atomic E-state index is 0.141. The van der Waals surface area contributed by atoms with Crippen molar-refractivity contribution in [3.8, 4) is 0 Å². The molecule has 0 radical (unpaired) electrons. The molecule has 0 aromatic heterocycles. The first kappa shape index (κ1) is 21.0. The lowest BCUT2D eigenvalue weighted by Gasteiger charge is -2.41. The topological polar surface area (TPSA) is 79.0 Å². The van der Waals surface area contributed by atoms with Crippen molar-refractivity contribution in [2.45, 2.75) is 32.4 Å². The molecule has 1 fully saturated rings. The molecule has 1 aliphatic heterocycles. The van der Waals surface area contributed by atoms with Crippen LogP contribution in [0.4, 0.5) is 4.79 Å². The number of benzene rings is 1. The summed E-state index contributed by atoms with van der Waals surface area (Å²) < 4.78 is 5.46. The van der Waals surface area contributed by atoms with Crippen LogP contribution in [-0.2, 0) is 9.53 Å². The monoisotopic (exact) mass is 395 g/mol. The molecule has 0 spiro atoms. The Morgan fingerprint density at radius 2 is 1.96 bits per heavy atom. The second-order valence-corrected chi connectivity index (χ2v) is 7.63. The number of halogens is 1. The average molecular weight is 396 g/mol. The molecule has 2 rings (SSSR count). The highest BCUT2D eigenvalue weighted by Crippen LogP contribution is 2.27. The first-order valence-corrected chi connectivity index (χ1v) is 9.35. The summed E-state index contributed by atoms with van der Waals surface area (Å²) in [6.07, 6.45) is -0.423. The third-order valence-electron chi connectivity index (χ3n) is 4.23. The Hall–Kier alpha value is -2.28. The van der Waals surface area contributed by atoms with Crippen LogP contribution in [0.15, 0.2) is 24.3 Å². The molecule has 0 aliphatic carbocycles. The van der Waals surface area contributed by atoms with Gasteiger partial charge in [-0.25, -0.2) is 4.79 Å². The normalized spacial score (nSPS) is 17.4. The summed E-state index contributed by atoms with van der Waals surface area (Å²) in [5.74, 6) is -0.569. The minimum atomic E-state index is -0.602. The molecule has 8 heteroatoms. The third kappa shape index (κ3) is 5.35. The Bertz CT molecular complexity index is 717. The average Bonchev–Trinajstić information content (AvgIpc) is 2.65. The molecule has 1 saturated heterocycles. The molecule has 7 nitrogen and oxygen atoms in total. The maximum Gasteiger partial charge on any atom is 0.410 e. The van der Waals surface area contributed by atoms with Gasteiger partial charge in [0.25, 0.3) is 5.91 Å². The number of rotatable bonds is 3. The van der Waals surface area contributed by atoms with Crippen molar-refractivity contribution in [1.29, 1.82) is 0 Å². The van der Waals surface area contributed by atoms with E-state index in [2.05, 4.69) is 5.32 Å². The number of nitrogens with zero attached hydrogens (tertiary/aromatic N) is 2. The van der Waals surface area contributed by atoms with E-state index in [9.17, 15) is 14.4 Å². The van der Waals surface area contributed by atoms with Crippen molar-refractivity contribution in [3.05, 3.63) is 35.4 Å². The van der Waals surface area contributed by atoms with E-state index in [0.29, 0.717) is 18.7 Å². The van der Waals surface area contributed by atoms with Crippen molar-refractivity contribution < 1.29 is 19.1 Å². The second-order valence-electron chi connectivity index (χ2n) is 7.37. The quantitative estimate of drug-likeness (QED) is 0.797. The Morgan fingerprint density at radius 1 is 1.26 bits per heavy atom. The predicted octanol–water partition coefficient (Wildman–Crippen LogP) is 2.41. The number of carbonyl (C=O) groups excluding carboxylic acids is 3. The van der Waals surface area contributed by atoms with E-state index in [1.165, 1.54) is 0 Å². The van der Waals surface area contributed by atoms with Gasteiger partial charge in [0.15, 0.2) is 0 Å². The molecule has 1 N–H and O–H groups in total. The van der Waals surface area contributed by atoms with E-state index in [0.717, 1.165) is 5.56 Å². The highest BCUT2D eigenvalue weighted by atomic mass is 35.5. The molecule has 0 unspecified atom stereocenters. The van der Waals surface area contributed by atoms with E-state index < -0.39 is 17.7 Å². The van der Waals surface area contributed by atoms with Gasteiger partial charge in [0, 0.05) is 32.2 Å². The van der Waals surface area contributed by atoms with Gasteiger partial charge in [-0.2, -0.15) is 0 Å². The minimum Gasteiger partial charge on any atom is -0.444 e. The van der Waals surface area contributed by atoms with Gasteiger partial charge >= 0.3 is 6.09 Å². The van der Waals surface area contributed by atoms with Gasteiger partial charge in [0.05, 0.1) is 6.04 Å². The van der Waals surface area contributed by atoms with Crippen molar-refractivity contribution in [2.75, 3.05) is 32.6 Å². The molecular weight excluding hydrogens is 370 g/mol. The number of hydrogen-bond acceptors (Lipinski definition) is 4. The van der Waals surface area contributed by atoms with Gasteiger partial charge in [-0.05, 0) is 38.5 Å². The van der Waals surface area contributed by atoms with Gasteiger partial charge < -0.3 is 19.9 Å². The van der Waals surface area contributed by atoms with Crippen molar-refractivity contribution in [2.24, 2.45) is 0 Å². The Balaban J connectivity index is 2.30. The molecule has 27 heavy (non-hydrogen) atoms. The van der Waals surface area contributed by atoms with Crippen LogP contribution in [-0.4, -0.2) is 65.9 Å². The van der Waals surface area contributed by atoms with E-state index in [1.54, 1.807) is 35.0 Å². The first-order chi connectivity index (χ1) is 12.7. The zero-order chi connectivity index (χ0) is 20.2. The maximum atomic E-state index is 12.5. The summed E-state index contributed by atoms with van der Waals surface area (Å²) in [5, 5.41) is 2.58.